The van der Waals surface area contributed by atoms with E-state index in [1.807, 2.05) is 0 Å². The van der Waals surface area contributed by atoms with E-state index in [0.29, 0.717) is 10.6 Å². The first-order chi connectivity index (χ1) is 7.59. The number of fused-ring (bicyclic) bond motifs is 1. The molecule has 1 aromatic heterocycles. The Morgan fingerprint density at radius 3 is 2.62 bits per heavy atom. The fraction of sp³-hybridized carbons (Fsp3) is 0.400. The van der Waals surface area contributed by atoms with Gasteiger partial charge < -0.3 is 16.8 Å². The molecule has 0 spiro atoms. The zero-order chi connectivity index (χ0) is 11.7. The minimum absolute atomic E-state index is 0.168. The van der Waals surface area contributed by atoms with Crippen molar-refractivity contribution in [2.75, 3.05) is 5.32 Å². The first-order valence-electron chi connectivity index (χ1n) is 5.10. The average molecular weight is 255 g/mol. The molecule has 4 nitrogen and oxygen atoms in total. The molecule has 0 saturated heterocycles. The number of rotatable bonds is 2. The van der Waals surface area contributed by atoms with Crippen molar-refractivity contribution in [1.29, 1.82) is 0 Å². The predicted octanol–water partition coefficient (Wildman–Crippen LogP) is 1.38. The van der Waals surface area contributed by atoms with Gasteiger partial charge in [0.25, 0.3) is 5.91 Å². The summed E-state index contributed by atoms with van der Waals surface area (Å²) in [4.78, 5) is 12.7. The summed E-state index contributed by atoms with van der Waals surface area (Å²) in [5.41, 5.74) is 12.5. The minimum Gasteiger partial charge on any atom is -0.376 e. The molecule has 6 heteroatoms. The van der Waals surface area contributed by atoms with Crippen molar-refractivity contribution in [3.63, 3.8) is 0 Å². The van der Waals surface area contributed by atoms with Gasteiger partial charge in [0.1, 0.15) is 5.00 Å². The van der Waals surface area contributed by atoms with Gasteiger partial charge >= 0.3 is 0 Å². The lowest BCUT2D eigenvalue weighted by Gasteiger charge is -2.11. The number of hydrogen-bond acceptors (Lipinski definition) is 3. The summed E-state index contributed by atoms with van der Waals surface area (Å²) in [6.07, 6.45) is 4.21. The van der Waals surface area contributed by atoms with Gasteiger partial charge in [-0.05, 0) is 43.5 Å². The standard InChI is InChI=1S/C10H13N3OS2/c11-8(14)7-5-3-1-2-4-6(5)16-9(7)13-10(12)15/h1-4H2,(H2,11,14)(H3,12,13,15). The van der Waals surface area contributed by atoms with Gasteiger partial charge in [0, 0.05) is 4.88 Å². The van der Waals surface area contributed by atoms with E-state index in [0.717, 1.165) is 31.2 Å². The van der Waals surface area contributed by atoms with Gasteiger partial charge in [0.05, 0.1) is 5.56 Å². The van der Waals surface area contributed by atoms with Gasteiger partial charge in [-0.25, -0.2) is 0 Å². The van der Waals surface area contributed by atoms with Crippen LogP contribution >= 0.6 is 23.6 Å². The number of carbonyl (C=O) groups is 1. The second-order valence-corrected chi connectivity index (χ2v) is 5.31. The molecule has 0 saturated carbocycles. The van der Waals surface area contributed by atoms with Crippen molar-refractivity contribution in [1.82, 2.24) is 0 Å². The fourth-order valence-electron chi connectivity index (χ4n) is 2.03. The SMILES string of the molecule is NC(=O)c1c(NC(N)=S)sc2c1CCCC2. The monoisotopic (exact) mass is 255 g/mol. The van der Waals surface area contributed by atoms with E-state index in [1.54, 1.807) is 0 Å². The topological polar surface area (TPSA) is 81.1 Å². The van der Waals surface area contributed by atoms with E-state index in [4.69, 9.17) is 23.7 Å². The van der Waals surface area contributed by atoms with Crippen LogP contribution in [0.1, 0.15) is 33.6 Å². The highest BCUT2D eigenvalue weighted by molar-refractivity contribution is 7.80. The predicted molar refractivity (Wildman–Crippen MR) is 69.9 cm³/mol. The summed E-state index contributed by atoms with van der Waals surface area (Å²) in [5.74, 6) is -0.404. The zero-order valence-electron chi connectivity index (χ0n) is 8.71. The second kappa shape index (κ2) is 4.39. The van der Waals surface area contributed by atoms with Gasteiger partial charge in [-0.2, -0.15) is 0 Å². The molecule has 86 valence electrons. The van der Waals surface area contributed by atoms with Crippen LogP contribution in [0.25, 0.3) is 0 Å². The molecule has 0 aromatic carbocycles. The Balaban J connectivity index is 2.47. The number of carbonyl (C=O) groups excluding carboxylic acids is 1. The Morgan fingerprint density at radius 2 is 2.00 bits per heavy atom. The number of amides is 1. The summed E-state index contributed by atoms with van der Waals surface area (Å²) in [6, 6.07) is 0. The third-order valence-electron chi connectivity index (χ3n) is 2.65. The van der Waals surface area contributed by atoms with Crippen molar-refractivity contribution in [3.8, 4) is 0 Å². The average Bonchev–Trinajstić information content (AvgIpc) is 2.53. The van der Waals surface area contributed by atoms with Gasteiger partial charge in [-0.15, -0.1) is 11.3 Å². The van der Waals surface area contributed by atoms with E-state index in [-0.39, 0.29) is 5.11 Å². The maximum absolute atomic E-state index is 11.4. The van der Waals surface area contributed by atoms with Gasteiger partial charge in [-0.3, -0.25) is 4.79 Å². The van der Waals surface area contributed by atoms with Crippen LogP contribution in [0.2, 0.25) is 0 Å². The molecule has 0 unspecified atom stereocenters. The first-order valence-corrected chi connectivity index (χ1v) is 6.33. The molecule has 0 aliphatic heterocycles. The molecule has 0 radical (unpaired) electrons. The Hall–Kier alpha value is -1.14. The number of aryl methyl sites for hydroxylation is 1. The third kappa shape index (κ3) is 2.03. The first kappa shape index (κ1) is 11.3. The Bertz CT molecular complexity index is 453. The number of anilines is 1. The number of thiophene rings is 1. The van der Waals surface area contributed by atoms with E-state index >= 15 is 0 Å². The number of nitrogens with two attached hydrogens (primary N) is 2. The Morgan fingerprint density at radius 1 is 1.31 bits per heavy atom. The molecule has 1 heterocycles. The van der Waals surface area contributed by atoms with Crippen molar-refractivity contribution >= 4 is 39.6 Å². The molecule has 0 fully saturated rings. The van der Waals surface area contributed by atoms with Crippen LogP contribution in [-0.4, -0.2) is 11.0 Å². The van der Waals surface area contributed by atoms with Crippen LogP contribution in [0.5, 0.6) is 0 Å². The molecule has 0 atom stereocenters. The maximum atomic E-state index is 11.4. The Labute approximate surface area is 103 Å². The van der Waals surface area contributed by atoms with E-state index in [1.165, 1.54) is 16.2 Å². The van der Waals surface area contributed by atoms with Crippen LogP contribution in [0.4, 0.5) is 5.00 Å². The molecule has 1 aromatic rings. The normalized spacial score (nSPS) is 14.2. The van der Waals surface area contributed by atoms with Crippen molar-refractivity contribution in [2.24, 2.45) is 11.5 Å². The van der Waals surface area contributed by atoms with Crippen molar-refractivity contribution in [2.45, 2.75) is 25.7 Å². The molecule has 2 rings (SSSR count). The highest BCUT2D eigenvalue weighted by Gasteiger charge is 2.23. The number of nitrogens with one attached hydrogen (secondary N) is 1. The summed E-state index contributed by atoms with van der Waals surface area (Å²) in [7, 11) is 0. The summed E-state index contributed by atoms with van der Waals surface area (Å²) >= 11 is 6.32. The smallest absolute Gasteiger partial charge is 0.251 e. The summed E-state index contributed by atoms with van der Waals surface area (Å²) < 4.78 is 0. The largest absolute Gasteiger partial charge is 0.376 e. The van der Waals surface area contributed by atoms with E-state index < -0.39 is 5.91 Å². The van der Waals surface area contributed by atoms with Gasteiger partial charge in [0.2, 0.25) is 0 Å². The molecular weight excluding hydrogens is 242 g/mol. The molecule has 16 heavy (non-hydrogen) atoms. The molecule has 1 aliphatic rings. The lowest BCUT2D eigenvalue weighted by molar-refractivity contribution is 0.100. The van der Waals surface area contributed by atoms with Crippen LogP contribution in [0.15, 0.2) is 0 Å². The van der Waals surface area contributed by atoms with Crippen molar-refractivity contribution < 1.29 is 4.79 Å². The van der Waals surface area contributed by atoms with Crippen LogP contribution in [-0.2, 0) is 12.8 Å². The van der Waals surface area contributed by atoms with Gasteiger partial charge in [-0.1, -0.05) is 0 Å². The molecule has 1 amide bonds. The highest BCUT2D eigenvalue weighted by Crippen LogP contribution is 2.37. The second-order valence-electron chi connectivity index (χ2n) is 3.77. The number of thiocarbonyl (C=S) groups is 1. The highest BCUT2D eigenvalue weighted by atomic mass is 32.1. The van der Waals surface area contributed by atoms with Gasteiger partial charge in [0.15, 0.2) is 5.11 Å². The molecular formula is C10H13N3OS2. The van der Waals surface area contributed by atoms with E-state index in [2.05, 4.69) is 5.32 Å². The quantitative estimate of drug-likeness (QED) is 0.697. The summed E-state index contributed by atoms with van der Waals surface area (Å²) in [5, 5.41) is 3.71. The fourth-order valence-corrected chi connectivity index (χ4v) is 3.50. The van der Waals surface area contributed by atoms with Crippen molar-refractivity contribution in [3.05, 3.63) is 16.0 Å². The number of primary amides is 1. The number of hydrogen-bond donors (Lipinski definition) is 3. The Kier molecular flexibility index (Phi) is 3.11. The lowest BCUT2D eigenvalue weighted by Crippen LogP contribution is -2.21. The van der Waals surface area contributed by atoms with Crippen LogP contribution < -0.4 is 16.8 Å². The molecule has 1 aliphatic carbocycles. The minimum atomic E-state index is -0.404. The summed E-state index contributed by atoms with van der Waals surface area (Å²) in [6.45, 7) is 0. The van der Waals surface area contributed by atoms with E-state index in [9.17, 15) is 4.79 Å². The molecule has 0 bridgehead atoms. The zero-order valence-corrected chi connectivity index (χ0v) is 10.3. The lowest BCUT2D eigenvalue weighted by atomic mass is 9.95. The maximum Gasteiger partial charge on any atom is 0.251 e. The van der Waals surface area contributed by atoms with Crippen LogP contribution in [0.3, 0.4) is 0 Å². The third-order valence-corrected chi connectivity index (χ3v) is 3.96. The molecule has 5 N–H and O–H groups in total. The van der Waals surface area contributed by atoms with Crippen LogP contribution in [0, 0.1) is 0 Å².